The predicted octanol–water partition coefficient (Wildman–Crippen LogP) is 1.43. The fourth-order valence-corrected chi connectivity index (χ4v) is 3.48. The summed E-state index contributed by atoms with van der Waals surface area (Å²) in [4.78, 5) is 2.32. The molecule has 0 aliphatic carbocycles. The van der Waals surface area contributed by atoms with Crippen LogP contribution in [-0.2, 0) is 20.8 Å². The molecule has 3 heterocycles. The summed E-state index contributed by atoms with van der Waals surface area (Å²) in [6, 6.07) is 0. The molecule has 0 aromatic carbocycles. The summed E-state index contributed by atoms with van der Waals surface area (Å²) in [5, 5.41) is 9.02. The van der Waals surface area contributed by atoms with Gasteiger partial charge in [-0.2, -0.15) is 0 Å². The minimum absolute atomic E-state index is 0.346. The van der Waals surface area contributed by atoms with Crippen LogP contribution in [-0.4, -0.2) is 68.0 Å². The average molecular weight is 324 g/mol. The first-order valence-corrected chi connectivity index (χ1v) is 8.61. The molecule has 0 saturated carbocycles. The summed E-state index contributed by atoms with van der Waals surface area (Å²) in [7, 11) is 3.53. The maximum absolute atomic E-state index is 5.64. The van der Waals surface area contributed by atoms with Crippen molar-refractivity contribution in [3.63, 3.8) is 0 Å². The van der Waals surface area contributed by atoms with Crippen LogP contribution in [0.2, 0.25) is 0 Å². The Morgan fingerprint density at radius 1 is 1.17 bits per heavy atom. The second kappa shape index (κ2) is 8.08. The molecule has 0 amide bonds. The molecule has 1 unspecified atom stereocenters. The predicted molar refractivity (Wildman–Crippen MR) is 86.9 cm³/mol. The van der Waals surface area contributed by atoms with Gasteiger partial charge in [-0.1, -0.05) is 0 Å². The highest BCUT2D eigenvalue weighted by atomic mass is 16.5. The molecule has 0 spiro atoms. The van der Waals surface area contributed by atoms with Gasteiger partial charge in [0.2, 0.25) is 5.95 Å². The lowest BCUT2D eigenvalue weighted by Crippen LogP contribution is -2.38. The fourth-order valence-electron chi connectivity index (χ4n) is 3.48. The van der Waals surface area contributed by atoms with Crippen LogP contribution in [0.1, 0.15) is 37.4 Å². The Hall–Kier alpha value is -1.18. The van der Waals surface area contributed by atoms with Crippen molar-refractivity contribution in [2.24, 2.45) is 0 Å². The Kier molecular flexibility index (Phi) is 5.85. The number of nitrogens with zero attached hydrogens (tertiary/aromatic N) is 4. The Labute approximate surface area is 137 Å². The summed E-state index contributed by atoms with van der Waals surface area (Å²) in [6.07, 6.45) is 4.66. The standard InChI is InChI=1S/C16H28N4O3/c1-21-11-9-20-15(13-4-3-10-23-12-13)17-18-16(20)19-7-5-14(22-2)6-8-19/h13-14H,3-12H2,1-2H3. The first kappa shape index (κ1) is 16.7. The van der Waals surface area contributed by atoms with Crippen LogP contribution in [0.3, 0.4) is 0 Å². The maximum atomic E-state index is 5.64. The zero-order valence-electron chi connectivity index (χ0n) is 14.2. The summed E-state index contributed by atoms with van der Waals surface area (Å²) in [6.45, 7) is 4.99. The SMILES string of the molecule is COCCn1c(C2CCCOC2)nnc1N1CCC(OC)CC1. The number of rotatable bonds is 6. The van der Waals surface area contributed by atoms with Crippen LogP contribution < -0.4 is 4.90 Å². The summed E-state index contributed by atoms with van der Waals surface area (Å²) < 4.78 is 18.6. The van der Waals surface area contributed by atoms with Gasteiger partial charge in [-0.15, -0.1) is 10.2 Å². The lowest BCUT2D eigenvalue weighted by Gasteiger charge is -2.32. The molecule has 3 rings (SSSR count). The number of hydrogen-bond acceptors (Lipinski definition) is 6. The van der Waals surface area contributed by atoms with Gasteiger partial charge >= 0.3 is 0 Å². The van der Waals surface area contributed by atoms with Gasteiger partial charge < -0.3 is 19.1 Å². The van der Waals surface area contributed by atoms with E-state index in [1.807, 2.05) is 0 Å². The zero-order valence-corrected chi connectivity index (χ0v) is 14.2. The van der Waals surface area contributed by atoms with Crippen LogP contribution >= 0.6 is 0 Å². The highest BCUT2D eigenvalue weighted by Gasteiger charge is 2.28. The number of anilines is 1. The van der Waals surface area contributed by atoms with Crippen molar-refractivity contribution < 1.29 is 14.2 Å². The normalized spacial score (nSPS) is 23.4. The van der Waals surface area contributed by atoms with E-state index in [0.717, 1.165) is 70.3 Å². The van der Waals surface area contributed by atoms with Gasteiger partial charge in [-0.3, -0.25) is 4.57 Å². The third kappa shape index (κ3) is 3.84. The molecular weight excluding hydrogens is 296 g/mol. The fraction of sp³-hybridized carbons (Fsp3) is 0.875. The Bertz CT molecular complexity index is 480. The van der Waals surface area contributed by atoms with Gasteiger partial charge in [-0.25, -0.2) is 0 Å². The molecule has 2 fully saturated rings. The Balaban J connectivity index is 1.77. The lowest BCUT2D eigenvalue weighted by atomic mass is 10.0. The van der Waals surface area contributed by atoms with Crippen molar-refractivity contribution in [3.8, 4) is 0 Å². The highest BCUT2D eigenvalue weighted by Crippen LogP contribution is 2.28. The van der Waals surface area contributed by atoms with Crippen LogP contribution in [0.25, 0.3) is 0 Å². The molecule has 2 aliphatic heterocycles. The first-order chi connectivity index (χ1) is 11.3. The zero-order chi connectivity index (χ0) is 16.1. The average Bonchev–Trinajstić information content (AvgIpc) is 3.04. The quantitative estimate of drug-likeness (QED) is 0.789. The van der Waals surface area contributed by atoms with Crippen molar-refractivity contribution in [2.75, 3.05) is 52.0 Å². The monoisotopic (exact) mass is 324 g/mol. The number of methoxy groups -OCH3 is 2. The molecule has 0 N–H and O–H groups in total. The van der Waals surface area contributed by atoms with Gasteiger partial charge in [0, 0.05) is 39.8 Å². The van der Waals surface area contributed by atoms with Crippen molar-refractivity contribution in [3.05, 3.63) is 5.82 Å². The highest BCUT2D eigenvalue weighted by molar-refractivity contribution is 5.33. The number of hydrogen-bond donors (Lipinski definition) is 0. The second-order valence-electron chi connectivity index (χ2n) is 6.34. The molecular formula is C16H28N4O3. The third-order valence-corrected chi connectivity index (χ3v) is 4.86. The molecule has 1 aromatic heterocycles. The van der Waals surface area contributed by atoms with Crippen LogP contribution in [0.4, 0.5) is 5.95 Å². The molecule has 130 valence electrons. The third-order valence-electron chi connectivity index (χ3n) is 4.86. The van der Waals surface area contributed by atoms with Gasteiger partial charge in [0.15, 0.2) is 0 Å². The summed E-state index contributed by atoms with van der Waals surface area (Å²) >= 11 is 0. The van der Waals surface area contributed by atoms with E-state index in [9.17, 15) is 0 Å². The molecule has 0 bridgehead atoms. The van der Waals surface area contributed by atoms with Crippen LogP contribution in [0.5, 0.6) is 0 Å². The molecule has 2 saturated heterocycles. The largest absolute Gasteiger partial charge is 0.383 e. The maximum Gasteiger partial charge on any atom is 0.227 e. The summed E-state index contributed by atoms with van der Waals surface area (Å²) in [5.41, 5.74) is 0. The van der Waals surface area contributed by atoms with E-state index in [-0.39, 0.29) is 0 Å². The molecule has 2 aliphatic rings. The van der Waals surface area contributed by atoms with Crippen LogP contribution in [0, 0.1) is 0 Å². The van der Waals surface area contributed by atoms with Crippen molar-refractivity contribution >= 4 is 5.95 Å². The van der Waals surface area contributed by atoms with Crippen molar-refractivity contribution in [1.82, 2.24) is 14.8 Å². The van der Waals surface area contributed by atoms with E-state index < -0.39 is 0 Å². The molecule has 1 aromatic rings. The smallest absolute Gasteiger partial charge is 0.227 e. The van der Waals surface area contributed by atoms with E-state index in [2.05, 4.69) is 19.7 Å². The molecule has 1 atom stereocenters. The second-order valence-corrected chi connectivity index (χ2v) is 6.34. The molecule has 23 heavy (non-hydrogen) atoms. The Morgan fingerprint density at radius 2 is 2.00 bits per heavy atom. The topological polar surface area (TPSA) is 61.6 Å². The number of piperidine rings is 1. The molecule has 0 radical (unpaired) electrons. The number of aromatic nitrogens is 3. The van der Waals surface area contributed by atoms with E-state index in [1.165, 1.54) is 0 Å². The van der Waals surface area contributed by atoms with Crippen molar-refractivity contribution in [2.45, 2.75) is 44.2 Å². The van der Waals surface area contributed by atoms with Gasteiger partial charge in [0.25, 0.3) is 0 Å². The number of ether oxygens (including phenoxy) is 3. The van der Waals surface area contributed by atoms with E-state index in [0.29, 0.717) is 18.6 Å². The molecule has 7 nitrogen and oxygen atoms in total. The van der Waals surface area contributed by atoms with Gasteiger partial charge in [0.1, 0.15) is 5.82 Å². The first-order valence-electron chi connectivity index (χ1n) is 8.61. The van der Waals surface area contributed by atoms with E-state index in [1.54, 1.807) is 14.2 Å². The Morgan fingerprint density at radius 3 is 2.65 bits per heavy atom. The van der Waals surface area contributed by atoms with Crippen LogP contribution in [0.15, 0.2) is 0 Å². The summed E-state index contributed by atoms with van der Waals surface area (Å²) in [5.74, 6) is 2.36. The van der Waals surface area contributed by atoms with Gasteiger partial charge in [-0.05, 0) is 25.7 Å². The van der Waals surface area contributed by atoms with Crippen molar-refractivity contribution in [1.29, 1.82) is 0 Å². The lowest BCUT2D eigenvalue weighted by molar-refractivity contribution is 0.0761. The van der Waals surface area contributed by atoms with E-state index in [4.69, 9.17) is 14.2 Å². The van der Waals surface area contributed by atoms with E-state index >= 15 is 0 Å². The van der Waals surface area contributed by atoms with Gasteiger partial charge in [0.05, 0.1) is 25.9 Å². The minimum Gasteiger partial charge on any atom is -0.383 e. The molecule has 7 heteroatoms. The minimum atomic E-state index is 0.346.